The Balaban J connectivity index is 0.00000243. The van der Waals surface area contributed by atoms with Crippen LogP contribution in [0, 0.1) is 11.2 Å². The van der Waals surface area contributed by atoms with Crippen molar-refractivity contribution in [3.05, 3.63) is 34.6 Å². The summed E-state index contributed by atoms with van der Waals surface area (Å²) in [5.74, 6) is 0.695. The van der Waals surface area contributed by atoms with Crippen molar-refractivity contribution < 1.29 is 9.13 Å². The number of piperazine rings is 1. The van der Waals surface area contributed by atoms with Gasteiger partial charge in [0.25, 0.3) is 0 Å². The third-order valence-corrected chi connectivity index (χ3v) is 5.26. The van der Waals surface area contributed by atoms with Crippen LogP contribution < -0.4 is 5.32 Å². The van der Waals surface area contributed by atoms with Crippen molar-refractivity contribution in [2.45, 2.75) is 13.5 Å². The van der Waals surface area contributed by atoms with E-state index >= 15 is 0 Å². The molecule has 26 heavy (non-hydrogen) atoms. The largest absolute Gasteiger partial charge is 0.380 e. The highest BCUT2D eigenvalue weighted by atomic mass is 127. The lowest BCUT2D eigenvalue weighted by Gasteiger charge is -2.41. The Hall–Kier alpha value is -0.640. The lowest BCUT2D eigenvalue weighted by Crippen LogP contribution is -2.55. The summed E-state index contributed by atoms with van der Waals surface area (Å²) in [6, 6.07) is 4.85. The van der Waals surface area contributed by atoms with Gasteiger partial charge in [0.1, 0.15) is 5.82 Å². The normalized spacial score (nSPS) is 20.3. The molecule has 2 saturated heterocycles. The van der Waals surface area contributed by atoms with E-state index in [1.54, 1.807) is 12.1 Å². The molecule has 0 saturated carbocycles. The molecule has 0 radical (unpaired) electrons. The average molecular weight is 497 g/mol. The molecule has 2 fully saturated rings. The minimum absolute atomic E-state index is 0. The maximum atomic E-state index is 14.0. The van der Waals surface area contributed by atoms with Gasteiger partial charge in [0.2, 0.25) is 0 Å². The fourth-order valence-corrected chi connectivity index (χ4v) is 3.42. The predicted molar refractivity (Wildman–Crippen MR) is 114 cm³/mol. The highest BCUT2D eigenvalue weighted by Crippen LogP contribution is 2.25. The third-order valence-electron chi connectivity index (χ3n) is 4.90. The molecule has 0 amide bonds. The van der Waals surface area contributed by atoms with Crippen LogP contribution in [-0.2, 0) is 11.3 Å². The van der Waals surface area contributed by atoms with Gasteiger partial charge < -0.3 is 15.0 Å². The number of halogens is 3. The number of hydrogen-bond acceptors (Lipinski definition) is 3. The van der Waals surface area contributed by atoms with E-state index in [1.165, 1.54) is 6.07 Å². The van der Waals surface area contributed by atoms with Crippen LogP contribution in [0.5, 0.6) is 0 Å². The maximum Gasteiger partial charge on any atom is 0.193 e. The Morgan fingerprint density at radius 1 is 1.31 bits per heavy atom. The van der Waals surface area contributed by atoms with Gasteiger partial charge in [0.15, 0.2) is 5.96 Å². The van der Waals surface area contributed by atoms with Crippen LogP contribution in [0.4, 0.5) is 4.39 Å². The zero-order chi connectivity index (χ0) is 17.9. The Bertz CT molecular complexity index is 613. The second kappa shape index (κ2) is 9.52. The summed E-state index contributed by atoms with van der Waals surface area (Å²) in [7, 11) is 1.81. The number of rotatable bonds is 4. The maximum absolute atomic E-state index is 14.0. The smallest absolute Gasteiger partial charge is 0.193 e. The molecule has 3 rings (SSSR count). The number of nitrogens with zero attached hydrogens (tertiary/aromatic N) is 3. The van der Waals surface area contributed by atoms with Crippen LogP contribution in [0.2, 0.25) is 5.02 Å². The molecule has 2 heterocycles. The zero-order valence-electron chi connectivity index (χ0n) is 15.3. The first-order valence-corrected chi connectivity index (χ1v) is 9.07. The van der Waals surface area contributed by atoms with Crippen molar-refractivity contribution in [3.8, 4) is 0 Å². The standard InChI is InChI=1S/C18H26ClFN4O.HI/c1-18(12-25-13-18)11-22-17(21-2)24-8-6-23(7-9-24)10-14-15(19)4-3-5-16(14)20;/h3-5H,6-13H2,1-2H3,(H,21,22);1H. The SMILES string of the molecule is CN=C(NCC1(C)COC1)N1CCN(Cc2c(F)cccc2Cl)CC1.I. The van der Waals surface area contributed by atoms with Gasteiger partial charge in [-0.25, -0.2) is 4.39 Å². The molecule has 1 N–H and O–H groups in total. The number of aliphatic imine (C=N–C) groups is 1. The van der Waals surface area contributed by atoms with Crippen LogP contribution >= 0.6 is 35.6 Å². The van der Waals surface area contributed by atoms with E-state index < -0.39 is 0 Å². The van der Waals surface area contributed by atoms with E-state index in [0.717, 1.165) is 51.9 Å². The first kappa shape index (κ1) is 21.7. The quantitative estimate of drug-likeness (QED) is 0.395. The Kier molecular flexibility index (Phi) is 7.93. The van der Waals surface area contributed by atoms with E-state index in [0.29, 0.717) is 17.1 Å². The van der Waals surface area contributed by atoms with Gasteiger partial charge in [0.05, 0.1) is 13.2 Å². The molecule has 5 nitrogen and oxygen atoms in total. The summed E-state index contributed by atoms with van der Waals surface area (Å²) in [5.41, 5.74) is 0.789. The van der Waals surface area contributed by atoms with Gasteiger partial charge in [-0.05, 0) is 12.1 Å². The molecule has 0 aromatic heterocycles. The number of guanidine groups is 1. The van der Waals surface area contributed by atoms with E-state index in [-0.39, 0.29) is 35.2 Å². The Labute approximate surface area is 176 Å². The average Bonchev–Trinajstić information content (AvgIpc) is 2.58. The molecule has 0 unspecified atom stereocenters. The highest BCUT2D eigenvalue weighted by molar-refractivity contribution is 14.0. The van der Waals surface area contributed by atoms with Gasteiger partial charge in [-0.2, -0.15) is 0 Å². The van der Waals surface area contributed by atoms with Crippen LogP contribution in [-0.4, -0.2) is 68.7 Å². The summed E-state index contributed by atoms with van der Waals surface area (Å²) >= 11 is 6.14. The second-order valence-electron chi connectivity index (χ2n) is 7.17. The highest BCUT2D eigenvalue weighted by Gasteiger charge is 2.34. The van der Waals surface area contributed by atoms with Gasteiger partial charge in [-0.3, -0.25) is 9.89 Å². The predicted octanol–water partition coefficient (Wildman–Crippen LogP) is 2.83. The van der Waals surface area contributed by atoms with Crippen molar-refractivity contribution in [1.82, 2.24) is 15.1 Å². The first-order chi connectivity index (χ1) is 12.0. The third kappa shape index (κ3) is 5.21. The monoisotopic (exact) mass is 496 g/mol. The van der Waals surface area contributed by atoms with Gasteiger partial charge in [-0.15, -0.1) is 24.0 Å². The summed E-state index contributed by atoms with van der Waals surface area (Å²) < 4.78 is 19.3. The Morgan fingerprint density at radius 3 is 2.54 bits per heavy atom. The van der Waals surface area contributed by atoms with Crippen LogP contribution in [0.25, 0.3) is 0 Å². The van der Waals surface area contributed by atoms with E-state index in [1.807, 2.05) is 7.05 Å². The molecule has 0 bridgehead atoms. The van der Waals surface area contributed by atoms with Gasteiger partial charge in [-0.1, -0.05) is 24.6 Å². The number of ether oxygens (including phenoxy) is 1. The summed E-state index contributed by atoms with van der Waals surface area (Å²) in [6.45, 7) is 8.65. The zero-order valence-corrected chi connectivity index (χ0v) is 18.4. The molecule has 0 aliphatic carbocycles. The molecule has 2 aliphatic heterocycles. The minimum atomic E-state index is -0.233. The molecular weight excluding hydrogens is 470 g/mol. The summed E-state index contributed by atoms with van der Waals surface area (Å²) in [5, 5.41) is 3.96. The molecule has 0 spiro atoms. The van der Waals surface area contributed by atoms with E-state index in [4.69, 9.17) is 16.3 Å². The fraction of sp³-hybridized carbons (Fsp3) is 0.611. The van der Waals surface area contributed by atoms with Crippen LogP contribution in [0.15, 0.2) is 23.2 Å². The lowest BCUT2D eigenvalue weighted by molar-refractivity contribution is -0.0973. The van der Waals surface area contributed by atoms with Crippen molar-refractivity contribution in [2.75, 3.05) is 53.0 Å². The molecule has 8 heteroatoms. The van der Waals surface area contributed by atoms with Crippen LogP contribution in [0.1, 0.15) is 12.5 Å². The number of hydrogen-bond donors (Lipinski definition) is 1. The molecule has 2 aliphatic rings. The minimum Gasteiger partial charge on any atom is -0.380 e. The lowest BCUT2D eigenvalue weighted by atomic mass is 9.89. The molecule has 1 aromatic carbocycles. The van der Waals surface area contributed by atoms with E-state index in [2.05, 4.69) is 27.0 Å². The first-order valence-electron chi connectivity index (χ1n) is 8.69. The fourth-order valence-electron chi connectivity index (χ4n) is 3.20. The molecule has 146 valence electrons. The van der Waals surface area contributed by atoms with Gasteiger partial charge >= 0.3 is 0 Å². The van der Waals surface area contributed by atoms with Crippen molar-refractivity contribution in [1.29, 1.82) is 0 Å². The van der Waals surface area contributed by atoms with Gasteiger partial charge in [0, 0.05) is 62.3 Å². The second-order valence-corrected chi connectivity index (χ2v) is 7.57. The number of nitrogens with one attached hydrogen (secondary N) is 1. The van der Waals surface area contributed by atoms with Crippen molar-refractivity contribution >= 4 is 41.5 Å². The van der Waals surface area contributed by atoms with Crippen molar-refractivity contribution in [2.24, 2.45) is 10.4 Å². The van der Waals surface area contributed by atoms with Crippen molar-refractivity contribution in [3.63, 3.8) is 0 Å². The molecule has 0 atom stereocenters. The Morgan fingerprint density at radius 2 is 2.00 bits per heavy atom. The number of benzene rings is 1. The summed E-state index contributed by atoms with van der Waals surface area (Å²) in [6.07, 6.45) is 0. The molecule has 1 aromatic rings. The van der Waals surface area contributed by atoms with E-state index in [9.17, 15) is 4.39 Å². The molecular formula is C18H27ClFIN4O. The summed E-state index contributed by atoms with van der Waals surface area (Å²) in [4.78, 5) is 8.89. The van der Waals surface area contributed by atoms with Crippen LogP contribution in [0.3, 0.4) is 0 Å². The topological polar surface area (TPSA) is 40.1 Å².